The predicted octanol–water partition coefficient (Wildman–Crippen LogP) is 4.61. The van der Waals surface area contributed by atoms with Gasteiger partial charge >= 0.3 is 5.97 Å². The van der Waals surface area contributed by atoms with Gasteiger partial charge in [-0.1, -0.05) is 78.1 Å². The van der Waals surface area contributed by atoms with Crippen molar-refractivity contribution in [2.24, 2.45) is 0 Å². The molecule has 0 saturated heterocycles. The van der Waals surface area contributed by atoms with Crippen LogP contribution in [-0.2, 0) is 9.53 Å². The Morgan fingerprint density at radius 1 is 0.850 bits per heavy atom. The van der Waals surface area contributed by atoms with E-state index in [1.807, 2.05) is 6.92 Å². The number of aliphatic hydroxyl groups excluding tert-OH is 1. The topological polar surface area (TPSA) is 46.5 Å². The molecule has 0 fully saturated rings. The van der Waals surface area contributed by atoms with Gasteiger partial charge in [0.25, 0.3) is 0 Å². The third-order valence-electron chi connectivity index (χ3n) is 3.60. The first-order chi connectivity index (χ1) is 9.72. The molecular weight excluding hydrogens is 252 g/mol. The molecule has 0 spiro atoms. The number of carbonyl (C=O) groups excluding carboxylic acids is 1. The van der Waals surface area contributed by atoms with Crippen LogP contribution in [0.2, 0.25) is 0 Å². The van der Waals surface area contributed by atoms with Gasteiger partial charge in [-0.15, -0.1) is 0 Å². The second-order valence-corrected chi connectivity index (χ2v) is 5.65. The first-order valence-corrected chi connectivity index (χ1v) is 8.57. The van der Waals surface area contributed by atoms with Crippen LogP contribution in [0.3, 0.4) is 0 Å². The third-order valence-corrected chi connectivity index (χ3v) is 3.60. The molecule has 0 bridgehead atoms. The Hall–Kier alpha value is -0.570. The summed E-state index contributed by atoms with van der Waals surface area (Å²) in [5, 5.41) is 9.64. The normalized spacial score (nSPS) is 12.3. The van der Waals surface area contributed by atoms with E-state index in [1.165, 1.54) is 44.9 Å². The van der Waals surface area contributed by atoms with E-state index < -0.39 is 12.1 Å². The summed E-state index contributed by atoms with van der Waals surface area (Å²) < 4.78 is 4.99. The van der Waals surface area contributed by atoms with Crippen molar-refractivity contribution in [1.29, 1.82) is 0 Å². The van der Waals surface area contributed by atoms with E-state index in [0.29, 0.717) is 13.0 Å². The van der Waals surface area contributed by atoms with Crippen LogP contribution >= 0.6 is 0 Å². The summed E-state index contributed by atoms with van der Waals surface area (Å²) in [5.41, 5.74) is 0. The number of aliphatic hydroxyl groups is 1. The van der Waals surface area contributed by atoms with Gasteiger partial charge in [0.05, 0.1) is 6.61 Å². The summed E-state index contributed by atoms with van der Waals surface area (Å²) >= 11 is 0. The molecule has 0 radical (unpaired) electrons. The fraction of sp³-hybridized carbons (Fsp3) is 0.941. The van der Waals surface area contributed by atoms with Crippen molar-refractivity contribution >= 4 is 5.97 Å². The van der Waals surface area contributed by atoms with Crippen molar-refractivity contribution in [1.82, 2.24) is 0 Å². The summed E-state index contributed by atoms with van der Waals surface area (Å²) in [7, 11) is 0. The average Bonchev–Trinajstić information content (AvgIpc) is 2.45. The van der Waals surface area contributed by atoms with Gasteiger partial charge in [0.15, 0.2) is 6.10 Å². The van der Waals surface area contributed by atoms with Crippen molar-refractivity contribution in [3.63, 3.8) is 0 Å². The van der Waals surface area contributed by atoms with Crippen LogP contribution < -0.4 is 0 Å². The van der Waals surface area contributed by atoms with E-state index in [0.717, 1.165) is 25.7 Å². The standard InChI is InChI=1S/C17H34O3/c1-3-5-7-8-9-10-11-12-13-14-16(18)17(19)20-15-6-4-2/h16,18H,3-15H2,1-2H3. The van der Waals surface area contributed by atoms with Crippen LogP contribution in [0.25, 0.3) is 0 Å². The Morgan fingerprint density at radius 2 is 1.35 bits per heavy atom. The highest BCUT2D eigenvalue weighted by Gasteiger charge is 2.15. The van der Waals surface area contributed by atoms with Gasteiger partial charge in [-0.25, -0.2) is 4.79 Å². The summed E-state index contributed by atoms with van der Waals surface area (Å²) in [5.74, 6) is -0.446. The Morgan fingerprint density at radius 3 is 1.90 bits per heavy atom. The quantitative estimate of drug-likeness (QED) is 0.374. The fourth-order valence-electron chi connectivity index (χ4n) is 2.18. The molecule has 0 aliphatic rings. The molecule has 0 aliphatic carbocycles. The van der Waals surface area contributed by atoms with Crippen LogP contribution in [0.5, 0.6) is 0 Å². The highest BCUT2D eigenvalue weighted by molar-refractivity contribution is 5.74. The van der Waals surface area contributed by atoms with Gasteiger partial charge in [-0.2, -0.15) is 0 Å². The molecule has 1 atom stereocenters. The lowest BCUT2D eigenvalue weighted by Crippen LogP contribution is -2.23. The first-order valence-electron chi connectivity index (χ1n) is 8.57. The zero-order valence-electron chi connectivity index (χ0n) is 13.5. The smallest absolute Gasteiger partial charge is 0.334 e. The van der Waals surface area contributed by atoms with Crippen molar-refractivity contribution in [3.05, 3.63) is 0 Å². The Labute approximate surface area is 125 Å². The van der Waals surface area contributed by atoms with Crippen molar-refractivity contribution in [3.8, 4) is 0 Å². The van der Waals surface area contributed by atoms with Gasteiger partial charge in [-0.3, -0.25) is 0 Å². The summed E-state index contributed by atoms with van der Waals surface area (Å²) in [6, 6.07) is 0. The van der Waals surface area contributed by atoms with Gasteiger partial charge in [0.1, 0.15) is 0 Å². The number of carbonyl (C=O) groups is 1. The highest BCUT2D eigenvalue weighted by atomic mass is 16.5. The largest absolute Gasteiger partial charge is 0.464 e. The molecule has 0 aromatic rings. The molecule has 3 nitrogen and oxygen atoms in total. The van der Waals surface area contributed by atoms with E-state index in [4.69, 9.17) is 4.74 Å². The van der Waals surface area contributed by atoms with Gasteiger partial charge in [0, 0.05) is 0 Å². The molecule has 1 unspecified atom stereocenters. The minimum atomic E-state index is -0.920. The lowest BCUT2D eigenvalue weighted by atomic mass is 10.1. The second-order valence-electron chi connectivity index (χ2n) is 5.65. The number of esters is 1. The molecule has 3 heteroatoms. The number of hydrogen-bond donors (Lipinski definition) is 1. The van der Waals surface area contributed by atoms with Crippen molar-refractivity contribution < 1.29 is 14.6 Å². The number of rotatable bonds is 14. The zero-order valence-corrected chi connectivity index (χ0v) is 13.5. The average molecular weight is 286 g/mol. The van der Waals surface area contributed by atoms with E-state index >= 15 is 0 Å². The van der Waals surface area contributed by atoms with Gasteiger partial charge in [0.2, 0.25) is 0 Å². The van der Waals surface area contributed by atoms with Gasteiger partial charge in [-0.05, 0) is 12.8 Å². The molecule has 0 saturated carbocycles. The minimum absolute atomic E-state index is 0.435. The monoisotopic (exact) mass is 286 g/mol. The highest BCUT2D eigenvalue weighted by Crippen LogP contribution is 2.11. The third kappa shape index (κ3) is 12.5. The molecule has 0 heterocycles. The van der Waals surface area contributed by atoms with Gasteiger partial charge < -0.3 is 9.84 Å². The van der Waals surface area contributed by atoms with E-state index in [2.05, 4.69) is 6.92 Å². The molecule has 0 rings (SSSR count). The molecule has 1 N–H and O–H groups in total. The molecule has 0 aromatic carbocycles. The van der Waals surface area contributed by atoms with E-state index in [1.54, 1.807) is 0 Å². The van der Waals surface area contributed by atoms with Crippen molar-refractivity contribution in [2.45, 2.75) is 97.0 Å². The fourth-order valence-corrected chi connectivity index (χ4v) is 2.18. The van der Waals surface area contributed by atoms with Crippen LogP contribution in [0.4, 0.5) is 0 Å². The lowest BCUT2D eigenvalue weighted by molar-refractivity contribution is -0.154. The van der Waals surface area contributed by atoms with Crippen LogP contribution in [-0.4, -0.2) is 23.8 Å². The summed E-state index contributed by atoms with van der Waals surface area (Å²) in [4.78, 5) is 11.4. The molecule has 0 aromatic heterocycles. The minimum Gasteiger partial charge on any atom is -0.464 e. The second kappa shape index (κ2) is 14.8. The molecule has 0 aliphatic heterocycles. The number of unbranched alkanes of at least 4 members (excludes halogenated alkanes) is 9. The number of ether oxygens (including phenoxy) is 1. The maximum absolute atomic E-state index is 11.4. The molecule has 120 valence electrons. The first kappa shape index (κ1) is 19.4. The summed E-state index contributed by atoms with van der Waals surface area (Å²) in [6.45, 7) is 4.72. The molecule has 20 heavy (non-hydrogen) atoms. The van der Waals surface area contributed by atoms with Crippen molar-refractivity contribution in [2.75, 3.05) is 6.61 Å². The number of hydrogen-bond acceptors (Lipinski definition) is 3. The lowest BCUT2D eigenvalue weighted by Gasteiger charge is -2.10. The molecule has 0 amide bonds. The zero-order chi connectivity index (χ0) is 15.1. The van der Waals surface area contributed by atoms with Crippen LogP contribution in [0, 0.1) is 0 Å². The maximum atomic E-state index is 11.4. The Kier molecular flexibility index (Phi) is 14.4. The summed E-state index contributed by atoms with van der Waals surface area (Å²) in [6.07, 6.45) is 12.7. The van der Waals surface area contributed by atoms with Crippen LogP contribution in [0.15, 0.2) is 0 Å². The molecular formula is C17H34O3. The van der Waals surface area contributed by atoms with E-state index in [9.17, 15) is 9.90 Å². The van der Waals surface area contributed by atoms with E-state index in [-0.39, 0.29) is 0 Å². The SMILES string of the molecule is CCCCCCCCCCCC(O)C(=O)OCCCC. The Bertz CT molecular complexity index is 216. The Balaban J connectivity index is 3.30. The predicted molar refractivity (Wildman–Crippen MR) is 83.7 cm³/mol. The van der Waals surface area contributed by atoms with Crippen LogP contribution in [0.1, 0.15) is 90.9 Å². The maximum Gasteiger partial charge on any atom is 0.334 e.